The molecule has 3 aliphatic rings. The van der Waals surface area contributed by atoms with Gasteiger partial charge in [0.1, 0.15) is 34.9 Å². The average Bonchev–Trinajstić information content (AvgIpc) is 3.08. The van der Waals surface area contributed by atoms with E-state index in [4.69, 9.17) is 24.9 Å². The molecule has 2 spiro atoms. The van der Waals surface area contributed by atoms with Crippen LogP contribution in [0.5, 0.6) is 11.5 Å². The number of pyridine rings is 1. The highest BCUT2D eigenvalue weighted by Gasteiger charge is 2.71. The van der Waals surface area contributed by atoms with E-state index >= 15 is 0 Å². The number of amidine groups is 1. The van der Waals surface area contributed by atoms with E-state index in [0.717, 1.165) is 17.3 Å². The van der Waals surface area contributed by atoms with Crippen molar-refractivity contribution < 1.29 is 32.5 Å². The Labute approximate surface area is 195 Å². The number of nitrogens with two attached hydrogens (primary N) is 1. The van der Waals surface area contributed by atoms with Crippen LogP contribution in [0.3, 0.4) is 0 Å². The van der Waals surface area contributed by atoms with Crippen molar-refractivity contribution in [2.75, 3.05) is 19.8 Å². The molecule has 4 heterocycles. The molecule has 0 saturated carbocycles. The third-order valence-electron chi connectivity index (χ3n) is 7.13. The maximum absolute atomic E-state index is 13.0. The molecule has 0 aliphatic carbocycles. The topological polar surface area (TPSA) is 105 Å². The fourth-order valence-electron chi connectivity index (χ4n) is 5.21. The number of rotatable bonds is 5. The predicted molar refractivity (Wildman–Crippen MR) is 117 cm³/mol. The zero-order chi connectivity index (χ0) is 24.3. The largest absolute Gasteiger partial charge is 0.487 e. The van der Waals surface area contributed by atoms with Crippen LogP contribution >= 0.6 is 0 Å². The van der Waals surface area contributed by atoms with Crippen molar-refractivity contribution in [2.45, 2.75) is 44.9 Å². The van der Waals surface area contributed by atoms with Crippen molar-refractivity contribution >= 4 is 11.8 Å². The molecular weight excluding hydrogens is 448 g/mol. The number of hydrogen-bond acceptors (Lipinski definition) is 8. The molecular formula is C24H25F2N3O5. The molecule has 1 fully saturated rings. The number of fused-ring (bicyclic) bond motifs is 3. The summed E-state index contributed by atoms with van der Waals surface area (Å²) in [7, 11) is 0. The molecule has 0 amide bonds. The number of alkyl halides is 2. The number of ketones is 1. The molecule has 2 N–H and O–H groups in total. The van der Waals surface area contributed by atoms with Crippen LogP contribution in [-0.2, 0) is 21.4 Å². The predicted octanol–water partition coefficient (Wildman–Crippen LogP) is 3.14. The van der Waals surface area contributed by atoms with Gasteiger partial charge in [0.05, 0.1) is 24.8 Å². The van der Waals surface area contributed by atoms with Crippen molar-refractivity contribution in [3.63, 3.8) is 0 Å². The van der Waals surface area contributed by atoms with Gasteiger partial charge in [0.15, 0.2) is 5.78 Å². The minimum atomic E-state index is -2.96. The quantitative estimate of drug-likeness (QED) is 0.665. The van der Waals surface area contributed by atoms with Crippen LogP contribution in [0.4, 0.5) is 8.78 Å². The number of aryl methyl sites for hydroxylation is 1. The Morgan fingerprint density at radius 2 is 2.00 bits per heavy atom. The molecule has 1 atom stereocenters. The maximum atomic E-state index is 13.0. The van der Waals surface area contributed by atoms with E-state index in [0.29, 0.717) is 24.5 Å². The molecule has 1 aromatic heterocycles. The molecule has 1 aromatic carbocycles. The second-order valence-corrected chi connectivity index (χ2v) is 9.43. The third kappa shape index (κ3) is 3.23. The second kappa shape index (κ2) is 7.63. The summed E-state index contributed by atoms with van der Waals surface area (Å²) in [6.07, 6.45) is 1.18. The number of Topliss-reactive ketones (excluding diaryl/α,β-unsaturated/α-hetero) is 1. The van der Waals surface area contributed by atoms with Crippen molar-refractivity contribution in [3.05, 3.63) is 52.8 Å². The maximum Gasteiger partial charge on any atom is 0.387 e. The summed E-state index contributed by atoms with van der Waals surface area (Å²) in [4.78, 5) is 21.8. The van der Waals surface area contributed by atoms with Gasteiger partial charge in [0.2, 0.25) is 0 Å². The Bertz CT molecular complexity index is 1200. The van der Waals surface area contributed by atoms with Gasteiger partial charge in [-0.2, -0.15) is 8.78 Å². The van der Waals surface area contributed by atoms with Gasteiger partial charge in [-0.15, -0.1) is 0 Å². The van der Waals surface area contributed by atoms with E-state index < -0.39 is 23.2 Å². The zero-order valence-corrected chi connectivity index (χ0v) is 19.1. The first-order valence-electron chi connectivity index (χ1n) is 10.9. The van der Waals surface area contributed by atoms with Gasteiger partial charge in [-0.1, -0.05) is 6.07 Å². The zero-order valence-electron chi connectivity index (χ0n) is 19.1. The number of benzene rings is 1. The number of carbonyl (C=O) groups excluding carboxylic acids is 1. The van der Waals surface area contributed by atoms with Gasteiger partial charge < -0.3 is 24.7 Å². The van der Waals surface area contributed by atoms with E-state index in [1.807, 2.05) is 32.0 Å². The minimum absolute atomic E-state index is 0.0548. The fraction of sp³-hybridized carbons (Fsp3) is 0.458. The third-order valence-corrected chi connectivity index (χ3v) is 7.13. The van der Waals surface area contributed by atoms with E-state index in [2.05, 4.69) is 9.72 Å². The highest BCUT2D eigenvalue weighted by Crippen LogP contribution is 2.62. The summed E-state index contributed by atoms with van der Waals surface area (Å²) in [5.74, 6) is 0.312. The normalized spacial score (nSPS) is 23.6. The van der Waals surface area contributed by atoms with Crippen molar-refractivity contribution in [1.82, 2.24) is 4.98 Å². The summed E-state index contributed by atoms with van der Waals surface area (Å²) >= 11 is 0. The molecule has 10 heteroatoms. The van der Waals surface area contributed by atoms with E-state index in [-0.39, 0.29) is 36.3 Å². The van der Waals surface area contributed by atoms with Crippen molar-refractivity contribution in [3.8, 4) is 11.5 Å². The summed E-state index contributed by atoms with van der Waals surface area (Å²) in [6.45, 7) is 3.83. The van der Waals surface area contributed by atoms with Crippen LogP contribution < -0.4 is 15.2 Å². The highest BCUT2D eigenvalue weighted by atomic mass is 19.3. The van der Waals surface area contributed by atoms with Crippen LogP contribution in [0, 0.1) is 12.3 Å². The lowest BCUT2D eigenvalue weighted by molar-refractivity contribution is -0.247. The standard InChI is InChI=1S/C24H25F2N3O5/c1-13-6-15(33-20(25)26)9-28-19(13)17(30)8-14-4-5-18-16(7-14)24(12-32-21(27)29-24)23(10-31-11-23)22(2,3)34-18/h4-7,9,20H,8,10-12H2,1-3H3,(H2,27,29). The summed E-state index contributed by atoms with van der Waals surface area (Å²) in [6, 6.07) is 7.04. The molecule has 1 saturated heterocycles. The number of halogens is 2. The SMILES string of the molecule is Cc1cc(OC(F)F)cnc1C(=O)Cc1ccc2c(c1)C1(COC(N)=N1)C1(COC1)C(C)(C)O2. The Balaban J connectivity index is 1.49. The first kappa shape index (κ1) is 22.5. The second-order valence-electron chi connectivity index (χ2n) is 9.43. The molecule has 180 valence electrons. The Morgan fingerprint density at radius 3 is 2.59 bits per heavy atom. The lowest BCUT2D eigenvalue weighted by atomic mass is 9.55. The number of ether oxygens (including phenoxy) is 4. The first-order chi connectivity index (χ1) is 16.1. The lowest BCUT2D eigenvalue weighted by Crippen LogP contribution is -2.71. The van der Waals surface area contributed by atoms with Gasteiger partial charge in [-0.3, -0.25) is 4.79 Å². The summed E-state index contributed by atoms with van der Waals surface area (Å²) in [5.41, 5.74) is 6.28. The number of aromatic nitrogens is 1. The van der Waals surface area contributed by atoms with Gasteiger partial charge in [0.25, 0.3) is 6.02 Å². The summed E-state index contributed by atoms with van der Waals surface area (Å²) < 4.78 is 46.9. The van der Waals surface area contributed by atoms with E-state index in [1.54, 1.807) is 6.92 Å². The molecule has 0 bridgehead atoms. The molecule has 0 radical (unpaired) electrons. The van der Waals surface area contributed by atoms with Gasteiger partial charge in [-0.05, 0) is 50.1 Å². The Hall–Kier alpha value is -3.27. The van der Waals surface area contributed by atoms with E-state index in [9.17, 15) is 13.6 Å². The van der Waals surface area contributed by atoms with Crippen LogP contribution in [0.2, 0.25) is 0 Å². The Kier molecular flexibility index (Phi) is 5.05. The fourth-order valence-corrected chi connectivity index (χ4v) is 5.21. The summed E-state index contributed by atoms with van der Waals surface area (Å²) in [5, 5.41) is 0. The minimum Gasteiger partial charge on any atom is -0.487 e. The highest BCUT2D eigenvalue weighted by molar-refractivity contribution is 5.97. The molecule has 5 rings (SSSR count). The smallest absolute Gasteiger partial charge is 0.387 e. The Morgan fingerprint density at radius 1 is 1.24 bits per heavy atom. The average molecular weight is 473 g/mol. The van der Waals surface area contributed by atoms with Crippen molar-refractivity contribution in [2.24, 2.45) is 16.1 Å². The molecule has 34 heavy (non-hydrogen) atoms. The molecule has 3 aliphatic heterocycles. The van der Waals surface area contributed by atoms with E-state index in [1.165, 1.54) is 6.07 Å². The van der Waals surface area contributed by atoms with Crippen molar-refractivity contribution in [1.29, 1.82) is 0 Å². The monoisotopic (exact) mass is 473 g/mol. The molecule has 8 nitrogen and oxygen atoms in total. The number of aliphatic imine (C=N–C) groups is 1. The number of carbonyl (C=O) groups is 1. The molecule has 1 unspecified atom stereocenters. The van der Waals surface area contributed by atoms with Gasteiger partial charge >= 0.3 is 6.61 Å². The van der Waals surface area contributed by atoms with Crippen LogP contribution in [0.1, 0.15) is 41.0 Å². The number of nitrogens with zero attached hydrogens (tertiary/aromatic N) is 2. The van der Waals surface area contributed by atoms with Crippen LogP contribution in [0.15, 0.2) is 35.5 Å². The lowest BCUT2D eigenvalue weighted by Gasteiger charge is -2.61. The molecule has 2 aromatic rings. The first-order valence-corrected chi connectivity index (χ1v) is 10.9. The van der Waals surface area contributed by atoms with Gasteiger partial charge in [0, 0.05) is 12.0 Å². The van der Waals surface area contributed by atoms with Crippen LogP contribution in [0.25, 0.3) is 0 Å². The van der Waals surface area contributed by atoms with Crippen LogP contribution in [-0.4, -0.2) is 48.8 Å². The van der Waals surface area contributed by atoms with Gasteiger partial charge in [-0.25, -0.2) is 9.98 Å². The number of hydrogen-bond donors (Lipinski definition) is 1.